The van der Waals surface area contributed by atoms with Crippen LogP contribution in [0.25, 0.3) is 11.5 Å². The van der Waals surface area contributed by atoms with Crippen molar-refractivity contribution in [3.63, 3.8) is 0 Å². The molecule has 2 rings (SSSR count). The summed E-state index contributed by atoms with van der Waals surface area (Å²) in [6.45, 7) is 4.62. The lowest BCUT2D eigenvalue weighted by molar-refractivity contribution is 0.0478. The number of halogens is 1. The summed E-state index contributed by atoms with van der Waals surface area (Å²) in [6.07, 6.45) is 1.65. The van der Waals surface area contributed by atoms with Crippen molar-refractivity contribution in [2.75, 3.05) is 6.61 Å². The van der Waals surface area contributed by atoms with Gasteiger partial charge in [-0.15, -0.1) is 0 Å². The Balaban J connectivity index is 2.29. The third kappa shape index (κ3) is 3.49. The molecule has 0 aliphatic rings. The number of phenolic OH excluding ortho intramolecular Hbond substituents is 1. The zero-order chi connectivity index (χ0) is 14.5. The van der Waals surface area contributed by atoms with E-state index in [4.69, 9.17) is 9.26 Å². The highest BCUT2D eigenvalue weighted by molar-refractivity contribution is 14.1. The first-order valence-corrected chi connectivity index (χ1v) is 7.67. The van der Waals surface area contributed by atoms with Crippen molar-refractivity contribution in [1.82, 2.24) is 10.1 Å². The van der Waals surface area contributed by atoms with Crippen molar-refractivity contribution in [2.45, 2.75) is 32.8 Å². The van der Waals surface area contributed by atoms with E-state index >= 15 is 0 Å². The number of rotatable bonds is 6. The molecule has 0 saturated carbocycles. The van der Waals surface area contributed by atoms with Crippen LogP contribution in [0.1, 0.15) is 38.6 Å². The normalized spacial score (nSPS) is 12.6. The van der Waals surface area contributed by atoms with Crippen molar-refractivity contribution >= 4 is 22.6 Å². The summed E-state index contributed by atoms with van der Waals surface area (Å²) in [5, 5.41) is 13.9. The van der Waals surface area contributed by atoms with E-state index in [0.717, 1.165) is 16.4 Å². The Morgan fingerprint density at radius 2 is 2.20 bits per heavy atom. The molecule has 0 spiro atoms. The smallest absolute Gasteiger partial charge is 0.261 e. The van der Waals surface area contributed by atoms with Gasteiger partial charge in [-0.25, -0.2) is 0 Å². The van der Waals surface area contributed by atoms with Crippen LogP contribution < -0.4 is 0 Å². The van der Waals surface area contributed by atoms with E-state index in [9.17, 15) is 5.11 Å². The van der Waals surface area contributed by atoms with Gasteiger partial charge in [-0.3, -0.25) is 0 Å². The van der Waals surface area contributed by atoms with Gasteiger partial charge in [0, 0.05) is 10.2 Å². The lowest BCUT2D eigenvalue weighted by Crippen LogP contribution is -2.05. The summed E-state index contributed by atoms with van der Waals surface area (Å²) < 4.78 is 11.9. The van der Waals surface area contributed by atoms with Crippen molar-refractivity contribution < 1.29 is 14.4 Å². The van der Waals surface area contributed by atoms with Crippen LogP contribution in [0.3, 0.4) is 0 Å². The number of hydrogen-bond donors (Lipinski definition) is 1. The van der Waals surface area contributed by atoms with E-state index in [2.05, 4.69) is 39.7 Å². The maximum Gasteiger partial charge on any atom is 0.261 e. The topological polar surface area (TPSA) is 68.4 Å². The van der Waals surface area contributed by atoms with Gasteiger partial charge in [-0.05, 0) is 54.1 Å². The molecule has 0 aliphatic heterocycles. The van der Waals surface area contributed by atoms with Crippen molar-refractivity contribution in [2.24, 2.45) is 0 Å². The van der Waals surface area contributed by atoms with Crippen molar-refractivity contribution in [3.05, 3.63) is 27.6 Å². The molecular weight excluding hydrogens is 371 g/mol. The number of benzene rings is 1. The Morgan fingerprint density at radius 3 is 2.90 bits per heavy atom. The Morgan fingerprint density at radius 1 is 1.40 bits per heavy atom. The summed E-state index contributed by atoms with van der Waals surface area (Å²) in [6, 6.07) is 5.24. The lowest BCUT2D eigenvalue weighted by Gasteiger charge is -2.11. The summed E-state index contributed by atoms with van der Waals surface area (Å²) in [5.74, 6) is 0.975. The molecule has 1 unspecified atom stereocenters. The fourth-order valence-electron chi connectivity index (χ4n) is 1.90. The Bertz CT molecular complexity index is 565. The second-order valence-corrected chi connectivity index (χ2v) is 5.60. The molecule has 0 aliphatic carbocycles. The van der Waals surface area contributed by atoms with E-state index in [1.165, 1.54) is 0 Å². The maximum absolute atomic E-state index is 9.88. The molecule has 1 heterocycles. The van der Waals surface area contributed by atoms with Crippen molar-refractivity contribution in [1.29, 1.82) is 0 Å². The highest BCUT2D eigenvalue weighted by Gasteiger charge is 2.20. The first kappa shape index (κ1) is 15.2. The molecule has 0 radical (unpaired) electrons. The van der Waals surface area contributed by atoms with Crippen LogP contribution in [0.4, 0.5) is 0 Å². The Kier molecular flexibility index (Phi) is 5.36. The van der Waals surface area contributed by atoms with Crippen LogP contribution in [-0.2, 0) is 4.74 Å². The predicted octanol–water partition coefficient (Wildman–Crippen LogP) is 3.92. The number of aromatic hydroxyl groups is 1. The predicted molar refractivity (Wildman–Crippen MR) is 83.4 cm³/mol. The van der Waals surface area contributed by atoms with E-state index in [1.54, 1.807) is 6.07 Å². The van der Waals surface area contributed by atoms with Gasteiger partial charge >= 0.3 is 0 Å². The monoisotopic (exact) mass is 388 g/mol. The molecule has 20 heavy (non-hydrogen) atoms. The number of nitrogens with zero attached hydrogens (tertiary/aromatic N) is 2. The second-order valence-electron chi connectivity index (χ2n) is 4.35. The summed E-state index contributed by atoms with van der Waals surface area (Å²) >= 11 is 2.17. The van der Waals surface area contributed by atoms with Gasteiger partial charge in [-0.1, -0.05) is 18.5 Å². The molecule has 0 saturated heterocycles. The fourth-order valence-corrected chi connectivity index (χ4v) is 2.40. The van der Waals surface area contributed by atoms with Crippen LogP contribution in [-0.4, -0.2) is 21.9 Å². The minimum Gasteiger partial charge on any atom is -0.507 e. The van der Waals surface area contributed by atoms with Crippen LogP contribution in [0, 0.1) is 3.57 Å². The standard InChI is InChI=1S/C14H17IN2O3/c1-3-5-12(19-4-2)13-16-14(20-17-13)10-8-9(15)6-7-11(10)18/h6-8,12,18H,3-5H2,1-2H3. The molecule has 1 aromatic heterocycles. The van der Waals surface area contributed by atoms with Gasteiger partial charge in [0.05, 0.1) is 5.56 Å². The number of phenols is 1. The third-order valence-corrected chi connectivity index (χ3v) is 3.51. The van der Waals surface area contributed by atoms with Crippen LogP contribution in [0.15, 0.2) is 22.7 Å². The average Bonchev–Trinajstić information content (AvgIpc) is 2.91. The quantitative estimate of drug-likeness (QED) is 0.760. The molecule has 1 atom stereocenters. The van der Waals surface area contributed by atoms with Gasteiger partial charge in [0.25, 0.3) is 5.89 Å². The zero-order valence-electron chi connectivity index (χ0n) is 11.5. The van der Waals surface area contributed by atoms with Crippen LogP contribution in [0.5, 0.6) is 5.75 Å². The lowest BCUT2D eigenvalue weighted by atomic mass is 10.2. The van der Waals surface area contributed by atoms with Gasteiger partial charge in [0.1, 0.15) is 11.9 Å². The minimum atomic E-state index is -0.160. The van der Waals surface area contributed by atoms with Gasteiger partial charge < -0.3 is 14.4 Å². The highest BCUT2D eigenvalue weighted by Crippen LogP contribution is 2.31. The number of aromatic nitrogens is 2. The molecule has 2 aromatic rings. The highest BCUT2D eigenvalue weighted by atomic mass is 127. The Labute approximate surface area is 131 Å². The first-order chi connectivity index (χ1) is 9.65. The van der Waals surface area contributed by atoms with E-state index in [-0.39, 0.29) is 11.9 Å². The first-order valence-electron chi connectivity index (χ1n) is 6.59. The molecule has 1 aromatic carbocycles. The van der Waals surface area contributed by atoms with E-state index < -0.39 is 0 Å². The van der Waals surface area contributed by atoms with Gasteiger partial charge in [0.15, 0.2) is 0 Å². The molecule has 0 fully saturated rings. The third-order valence-electron chi connectivity index (χ3n) is 2.84. The van der Waals surface area contributed by atoms with Crippen LogP contribution >= 0.6 is 22.6 Å². The summed E-state index contributed by atoms with van der Waals surface area (Å²) in [5.41, 5.74) is 0.544. The molecule has 108 valence electrons. The molecule has 0 bridgehead atoms. The average molecular weight is 388 g/mol. The largest absolute Gasteiger partial charge is 0.507 e. The Hall–Kier alpha value is -1.15. The van der Waals surface area contributed by atoms with E-state index in [0.29, 0.717) is 23.9 Å². The van der Waals surface area contributed by atoms with Gasteiger partial charge in [-0.2, -0.15) is 4.98 Å². The molecule has 6 heteroatoms. The van der Waals surface area contributed by atoms with Crippen molar-refractivity contribution in [3.8, 4) is 17.2 Å². The molecule has 1 N–H and O–H groups in total. The maximum atomic E-state index is 9.88. The van der Waals surface area contributed by atoms with Gasteiger partial charge in [0.2, 0.25) is 5.82 Å². The van der Waals surface area contributed by atoms with Crippen LogP contribution in [0.2, 0.25) is 0 Å². The SMILES string of the molecule is CCCC(OCC)c1noc(-c2cc(I)ccc2O)n1. The number of hydrogen-bond acceptors (Lipinski definition) is 5. The summed E-state index contributed by atoms with van der Waals surface area (Å²) in [7, 11) is 0. The molecular formula is C14H17IN2O3. The second kappa shape index (κ2) is 7.03. The van der Waals surface area contributed by atoms with E-state index in [1.807, 2.05) is 19.1 Å². The molecule has 0 amide bonds. The summed E-state index contributed by atoms with van der Waals surface area (Å²) in [4.78, 5) is 4.35. The number of ether oxygens (including phenoxy) is 1. The minimum absolute atomic E-state index is 0.129. The zero-order valence-corrected chi connectivity index (χ0v) is 13.6. The molecule has 5 nitrogen and oxygen atoms in total. The fraction of sp³-hybridized carbons (Fsp3) is 0.429.